The predicted molar refractivity (Wildman–Crippen MR) is 160 cm³/mol. The minimum absolute atomic E-state index is 0.0172. The second kappa shape index (κ2) is 15.0. The van der Waals surface area contributed by atoms with Crippen molar-refractivity contribution in [2.24, 2.45) is 23.7 Å². The summed E-state index contributed by atoms with van der Waals surface area (Å²) in [6.45, 7) is 7.14. The zero-order valence-electron chi connectivity index (χ0n) is 26.5. The molecule has 4 rings (SSSR count). The van der Waals surface area contributed by atoms with E-state index in [-0.39, 0.29) is 36.0 Å². The van der Waals surface area contributed by atoms with Crippen molar-refractivity contribution in [1.82, 2.24) is 36.1 Å². The molecule has 1 unspecified atom stereocenters. The van der Waals surface area contributed by atoms with E-state index in [9.17, 15) is 37.5 Å². The lowest BCUT2D eigenvalue weighted by Gasteiger charge is -2.33. The largest absolute Gasteiger partial charge is 0.347 e. The topological polar surface area (TPSA) is 180 Å². The van der Waals surface area contributed by atoms with Crippen molar-refractivity contribution in [3.8, 4) is 0 Å². The molecule has 1 aliphatic heterocycles. The molecule has 15 heteroatoms. The average molecular weight is 648 g/mol. The molecule has 46 heavy (non-hydrogen) atoms. The minimum atomic E-state index is -2.97. The lowest BCUT2D eigenvalue weighted by molar-refractivity contribution is -0.145. The van der Waals surface area contributed by atoms with Crippen LogP contribution >= 0.6 is 0 Å². The number of fused-ring (bicyclic) bond motifs is 1. The molecule has 2 aliphatic carbocycles. The number of halogens is 2. The molecule has 252 valence electrons. The van der Waals surface area contributed by atoms with Crippen LogP contribution in [0.4, 0.5) is 8.78 Å². The van der Waals surface area contributed by atoms with Crippen molar-refractivity contribution in [2.75, 3.05) is 6.54 Å². The highest BCUT2D eigenvalue weighted by Crippen LogP contribution is 2.42. The summed E-state index contributed by atoms with van der Waals surface area (Å²) in [5.74, 6) is -5.82. The Morgan fingerprint density at radius 2 is 1.61 bits per heavy atom. The number of aromatic nitrogens is 2. The van der Waals surface area contributed by atoms with E-state index >= 15 is 0 Å². The molecule has 2 saturated carbocycles. The molecule has 0 aromatic carbocycles. The van der Waals surface area contributed by atoms with Crippen molar-refractivity contribution in [2.45, 2.75) is 103 Å². The van der Waals surface area contributed by atoms with Gasteiger partial charge in [-0.25, -0.2) is 13.8 Å². The summed E-state index contributed by atoms with van der Waals surface area (Å²) in [4.78, 5) is 88.5. The Labute approximate surface area is 266 Å². The first-order chi connectivity index (χ1) is 21.8. The maximum Gasteiger partial charge on any atom is 0.289 e. The number of hydrogen-bond donors (Lipinski definition) is 4. The maximum absolute atomic E-state index is 14.1. The summed E-state index contributed by atoms with van der Waals surface area (Å²) < 4.78 is 26.9. The van der Waals surface area contributed by atoms with Gasteiger partial charge in [0, 0.05) is 31.4 Å². The quantitative estimate of drug-likeness (QED) is 0.216. The number of hydrogen-bond acceptors (Lipinski definition) is 8. The van der Waals surface area contributed by atoms with E-state index in [1.54, 1.807) is 27.7 Å². The molecule has 2 heterocycles. The van der Waals surface area contributed by atoms with Crippen LogP contribution < -0.4 is 21.3 Å². The van der Waals surface area contributed by atoms with Crippen molar-refractivity contribution < 1.29 is 37.5 Å². The average Bonchev–Trinajstić information content (AvgIpc) is 3.57. The molecule has 0 spiro atoms. The van der Waals surface area contributed by atoms with Crippen LogP contribution in [0, 0.1) is 23.7 Å². The van der Waals surface area contributed by atoms with E-state index in [4.69, 9.17) is 0 Å². The van der Waals surface area contributed by atoms with Crippen LogP contribution in [-0.2, 0) is 24.0 Å². The fourth-order valence-corrected chi connectivity index (χ4v) is 6.28. The van der Waals surface area contributed by atoms with Crippen molar-refractivity contribution in [1.29, 1.82) is 0 Å². The van der Waals surface area contributed by atoms with Crippen LogP contribution in [0.3, 0.4) is 0 Å². The number of amides is 5. The summed E-state index contributed by atoms with van der Waals surface area (Å²) >= 11 is 0. The van der Waals surface area contributed by atoms with E-state index < -0.39 is 78.3 Å². The molecule has 6 atom stereocenters. The van der Waals surface area contributed by atoms with E-state index in [0.717, 1.165) is 12.8 Å². The number of carbonyl (C=O) groups excluding carboxylic acids is 6. The molecule has 5 amide bonds. The van der Waals surface area contributed by atoms with Gasteiger partial charge in [0.1, 0.15) is 29.9 Å². The lowest BCUT2D eigenvalue weighted by Crippen LogP contribution is -2.60. The minimum Gasteiger partial charge on any atom is -0.347 e. The Morgan fingerprint density at radius 3 is 2.20 bits per heavy atom. The van der Waals surface area contributed by atoms with Gasteiger partial charge in [-0.15, -0.1) is 0 Å². The van der Waals surface area contributed by atoms with Gasteiger partial charge in [0.2, 0.25) is 29.9 Å². The zero-order chi connectivity index (χ0) is 33.7. The van der Waals surface area contributed by atoms with E-state index in [2.05, 4.69) is 31.2 Å². The number of nitrogens with one attached hydrogen (secondary N) is 4. The molecule has 0 radical (unpaired) electrons. The second-order valence-corrected chi connectivity index (χ2v) is 13.1. The first-order valence-electron chi connectivity index (χ1n) is 15.9. The normalized spacial score (nSPS) is 22.6. The first kappa shape index (κ1) is 34.8. The molecule has 3 fully saturated rings. The summed E-state index contributed by atoms with van der Waals surface area (Å²) in [6.07, 6.45) is 3.57. The maximum atomic E-state index is 14.1. The summed E-state index contributed by atoms with van der Waals surface area (Å²) in [5, 5.41) is 10.3. The molecule has 0 bridgehead atoms. The Bertz CT molecular complexity index is 1310. The first-order valence-corrected chi connectivity index (χ1v) is 15.9. The third-order valence-corrected chi connectivity index (χ3v) is 8.89. The summed E-state index contributed by atoms with van der Waals surface area (Å²) in [7, 11) is 0. The number of ketones is 1. The number of Topliss-reactive ketones (excluding diaryl/α,β-unsaturated/α-hetero) is 1. The Kier molecular flexibility index (Phi) is 11.4. The Hall–Kier alpha value is -4.04. The summed E-state index contributed by atoms with van der Waals surface area (Å²) in [6, 6.07) is -5.12. The second-order valence-electron chi connectivity index (χ2n) is 13.1. The van der Waals surface area contributed by atoms with E-state index in [1.165, 1.54) is 23.5 Å². The van der Waals surface area contributed by atoms with Gasteiger partial charge in [-0.2, -0.15) is 0 Å². The van der Waals surface area contributed by atoms with Crippen molar-refractivity contribution in [3.05, 3.63) is 24.3 Å². The SMILES string of the molecule is CC(C)[C@H](NC(=O)[C@H](NC(=O)c1cnccn1)C(C)C)C(=O)N1C[C@@H]2CCC[C@@H]2[C@H]1C(=O)NC(CC(F)F)C(=O)C(=O)NC1CC1. The molecular formula is C31H43F2N7O6. The smallest absolute Gasteiger partial charge is 0.289 e. The molecule has 1 saturated heterocycles. The predicted octanol–water partition coefficient (Wildman–Crippen LogP) is 0.987. The van der Waals surface area contributed by atoms with Gasteiger partial charge in [-0.05, 0) is 49.4 Å². The molecule has 3 aliphatic rings. The summed E-state index contributed by atoms with van der Waals surface area (Å²) in [5.41, 5.74) is 0.0172. The third kappa shape index (κ3) is 8.40. The van der Waals surface area contributed by atoms with Crippen LogP contribution in [0.15, 0.2) is 18.6 Å². The van der Waals surface area contributed by atoms with Gasteiger partial charge < -0.3 is 26.2 Å². The highest BCUT2D eigenvalue weighted by atomic mass is 19.3. The number of rotatable bonds is 14. The third-order valence-electron chi connectivity index (χ3n) is 8.89. The van der Waals surface area contributed by atoms with E-state index in [0.29, 0.717) is 19.3 Å². The van der Waals surface area contributed by atoms with Crippen LogP contribution in [0.2, 0.25) is 0 Å². The Morgan fingerprint density at radius 1 is 0.913 bits per heavy atom. The van der Waals surface area contributed by atoms with Crippen LogP contribution in [0.5, 0.6) is 0 Å². The molecule has 1 aromatic rings. The zero-order valence-corrected chi connectivity index (χ0v) is 26.5. The number of nitrogens with zero attached hydrogens (tertiary/aromatic N) is 3. The highest BCUT2D eigenvalue weighted by molar-refractivity contribution is 6.38. The molecular weight excluding hydrogens is 604 g/mol. The number of carbonyl (C=O) groups is 6. The van der Waals surface area contributed by atoms with Crippen LogP contribution in [0.1, 0.15) is 76.7 Å². The van der Waals surface area contributed by atoms with Gasteiger partial charge in [0.15, 0.2) is 0 Å². The van der Waals surface area contributed by atoms with E-state index in [1.807, 2.05) is 0 Å². The lowest BCUT2D eigenvalue weighted by atomic mass is 9.92. The van der Waals surface area contributed by atoms with Crippen LogP contribution in [0.25, 0.3) is 0 Å². The van der Waals surface area contributed by atoms with Gasteiger partial charge in [0.25, 0.3) is 11.8 Å². The number of likely N-dealkylation sites (tertiary alicyclic amines) is 1. The highest BCUT2D eigenvalue weighted by Gasteiger charge is 2.51. The number of alkyl halides is 2. The Balaban J connectivity index is 1.51. The van der Waals surface area contributed by atoms with Crippen molar-refractivity contribution >= 4 is 35.3 Å². The van der Waals surface area contributed by atoms with Gasteiger partial charge >= 0.3 is 0 Å². The molecule has 4 N–H and O–H groups in total. The van der Waals surface area contributed by atoms with Gasteiger partial charge in [0.05, 0.1) is 6.20 Å². The fraction of sp³-hybridized carbons (Fsp3) is 0.677. The van der Waals surface area contributed by atoms with Crippen LogP contribution in [-0.4, -0.2) is 93.4 Å². The monoisotopic (exact) mass is 647 g/mol. The van der Waals surface area contributed by atoms with Gasteiger partial charge in [-0.3, -0.25) is 33.8 Å². The van der Waals surface area contributed by atoms with Gasteiger partial charge in [-0.1, -0.05) is 34.1 Å². The standard InChI is InChI=1S/C31H43F2N7O6/c1-15(2)23(38-27(42)21-13-34-10-11-35-21)28(43)39-24(16(3)4)31(46)40-14-17-6-5-7-19(17)25(40)29(44)37-20(12-22(32)33)26(41)30(45)36-18-8-9-18/h10-11,13,15-20,22-25H,5-9,12,14H2,1-4H3,(H,36,45)(H,37,44)(H,38,42)(H,39,43)/t17-,19-,20?,23+,24-,25-/m0/s1. The molecule has 1 aromatic heterocycles. The molecule has 13 nitrogen and oxygen atoms in total. The van der Waals surface area contributed by atoms with Crippen molar-refractivity contribution in [3.63, 3.8) is 0 Å². The fourth-order valence-electron chi connectivity index (χ4n) is 6.28.